The molecule has 0 radical (unpaired) electrons. The fourth-order valence-corrected chi connectivity index (χ4v) is 3.69. The molecule has 0 bridgehead atoms. The first-order chi connectivity index (χ1) is 15.8. The second-order valence-electron chi connectivity index (χ2n) is 7.59. The molecular formula is C25H28N2O6. The van der Waals surface area contributed by atoms with Crippen molar-refractivity contribution >= 4 is 28.7 Å². The number of benzene rings is 2. The molecule has 174 valence electrons. The van der Waals surface area contributed by atoms with Crippen molar-refractivity contribution in [3.8, 4) is 0 Å². The molecule has 0 atom stereocenters. The lowest BCUT2D eigenvalue weighted by Gasteiger charge is -2.21. The Morgan fingerprint density at radius 2 is 1.79 bits per heavy atom. The molecule has 0 spiro atoms. The van der Waals surface area contributed by atoms with Crippen LogP contribution in [0.15, 0.2) is 51.7 Å². The van der Waals surface area contributed by atoms with Crippen molar-refractivity contribution in [3.05, 3.63) is 75.1 Å². The number of nitrogens with one attached hydrogen (secondary N) is 1. The Bertz CT molecular complexity index is 1200. The molecule has 0 aliphatic carbocycles. The van der Waals surface area contributed by atoms with Gasteiger partial charge in [-0.2, -0.15) is 0 Å². The summed E-state index contributed by atoms with van der Waals surface area (Å²) in [7, 11) is 0. The number of rotatable bonds is 9. The van der Waals surface area contributed by atoms with Gasteiger partial charge in [-0.25, -0.2) is 14.4 Å². The Morgan fingerprint density at radius 3 is 2.42 bits per heavy atom. The number of anilines is 1. The quantitative estimate of drug-likeness (QED) is 0.470. The lowest BCUT2D eigenvalue weighted by atomic mass is 10.0. The van der Waals surface area contributed by atoms with Gasteiger partial charge in [0.25, 0.3) is 0 Å². The number of carboxylic acid groups (broad SMARTS) is 1. The number of carbonyl (C=O) groups is 2. The maximum absolute atomic E-state index is 12.6. The van der Waals surface area contributed by atoms with Gasteiger partial charge in [-0.1, -0.05) is 12.1 Å². The van der Waals surface area contributed by atoms with E-state index in [1.54, 1.807) is 12.1 Å². The molecule has 0 saturated heterocycles. The van der Waals surface area contributed by atoms with Gasteiger partial charge in [0.05, 0.1) is 12.2 Å². The lowest BCUT2D eigenvalue weighted by Crippen LogP contribution is -2.25. The summed E-state index contributed by atoms with van der Waals surface area (Å²) in [5, 5.41) is 12.4. The van der Waals surface area contributed by atoms with Crippen LogP contribution in [0.1, 0.15) is 40.9 Å². The molecule has 8 nitrogen and oxygen atoms in total. The summed E-state index contributed by atoms with van der Waals surface area (Å²) in [6, 6.07) is 12.0. The fourth-order valence-electron chi connectivity index (χ4n) is 3.69. The number of aryl methyl sites for hydroxylation is 1. The number of aromatic carboxylic acids is 1. The molecule has 0 aliphatic rings. The molecule has 0 aliphatic heterocycles. The third kappa shape index (κ3) is 5.71. The Hall–Kier alpha value is -3.81. The maximum atomic E-state index is 12.6. The van der Waals surface area contributed by atoms with Crippen LogP contribution >= 0.6 is 0 Å². The van der Waals surface area contributed by atoms with E-state index in [9.17, 15) is 14.4 Å². The van der Waals surface area contributed by atoms with E-state index in [0.717, 1.165) is 35.3 Å². The van der Waals surface area contributed by atoms with Gasteiger partial charge in [0.2, 0.25) is 0 Å². The van der Waals surface area contributed by atoms with Gasteiger partial charge in [-0.15, -0.1) is 0 Å². The number of carbonyl (C=O) groups excluding carboxylic acids is 1. The SMILES string of the molecule is CCN(CC)c1ccc2c(C)c(CCOC(=O)NCc3ccc(C(=O)O)cc3)c(=O)oc2c1. The Labute approximate surface area is 191 Å². The molecule has 0 unspecified atom stereocenters. The second kappa shape index (κ2) is 10.7. The minimum absolute atomic E-state index is 0.0262. The molecule has 8 heteroatoms. The van der Waals surface area contributed by atoms with Crippen molar-refractivity contribution in [3.63, 3.8) is 0 Å². The van der Waals surface area contributed by atoms with Crippen molar-refractivity contribution in [2.75, 3.05) is 24.6 Å². The van der Waals surface area contributed by atoms with Crippen molar-refractivity contribution in [1.29, 1.82) is 0 Å². The molecule has 0 fully saturated rings. The average molecular weight is 453 g/mol. The number of hydrogen-bond donors (Lipinski definition) is 2. The van der Waals surface area contributed by atoms with Crippen molar-refractivity contribution < 1.29 is 23.8 Å². The maximum Gasteiger partial charge on any atom is 0.407 e. The summed E-state index contributed by atoms with van der Waals surface area (Å²) in [4.78, 5) is 37.6. The minimum atomic E-state index is -1.01. The Kier molecular flexibility index (Phi) is 7.71. The minimum Gasteiger partial charge on any atom is -0.478 e. The van der Waals surface area contributed by atoms with E-state index < -0.39 is 17.7 Å². The average Bonchev–Trinajstić information content (AvgIpc) is 2.80. The number of hydrogen-bond acceptors (Lipinski definition) is 6. The highest BCUT2D eigenvalue weighted by molar-refractivity contribution is 5.87. The van der Waals surface area contributed by atoms with Gasteiger partial charge in [0.15, 0.2) is 0 Å². The van der Waals surface area contributed by atoms with Crippen LogP contribution in [0.2, 0.25) is 0 Å². The third-order valence-electron chi connectivity index (χ3n) is 5.62. The zero-order valence-corrected chi connectivity index (χ0v) is 19.0. The van der Waals surface area contributed by atoms with E-state index in [2.05, 4.69) is 24.1 Å². The first-order valence-electron chi connectivity index (χ1n) is 10.9. The van der Waals surface area contributed by atoms with E-state index in [-0.39, 0.29) is 25.1 Å². The highest BCUT2D eigenvalue weighted by Crippen LogP contribution is 2.25. The summed E-state index contributed by atoms with van der Waals surface area (Å²) < 4.78 is 10.8. The first kappa shape index (κ1) is 23.8. The number of nitrogens with zero attached hydrogens (tertiary/aromatic N) is 1. The summed E-state index contributed by atoms with van der Waals surface area (Å²) >= 11 is 0. The zero-order chi connectivity index (χ0) is 24.0. The van der Waals surface area contributed by atoms with Crippen LogP contribution < -0.4 is 15.8 Å². The first-order valence-corrected chi connectivity index (χ1v) is 10.9. The predicted octanol–water partition coefficient (Wildman–Crippen LogP) is 4.11. The largest absolute Gasteiger partial charge is 0.478 e. The zero-order valence-electron chi connectivity index (χ0n) is 19.0. The van der Waals surface area contributed by atoms with Crippen molar-refractivity contribution in [1.82, 2.24) is 5.32 Å². The van der Waals surface area contributed by atoms with Gasteiger partial charge in [-0.05, 0) is 56.2 Å². The second-order valence-corrected chi connectivity index (χ2v) is 7.59. The summed E-state index contributed by atoms with van der Waals surface area (Å²) in [5.74, 6) is -1.01. The van der Waals surface area contributed by atoms with Crippen molar-refractivity contribution in [2.45, 2.75) is 33.7 Å². The molecule has 3 aromatic rings. The van der Waals surface area contributed by atoms with Crippen LogP contribution in [0, 0.1) is 6.92 Å². The van der Waals surface area contributed by atoms with Gasteiger partial charge in [0.1, 0.15) is 5.58 Å². The molecule has 1 amide bonds. The standard InChI is InChI=1S/C25H28N2O6/c1-4-27(5-2)19-10-11-20-16(3)21(24(30)33-22(20)14-19)12-13-32-25(31)26-15-17-6-8-18(9-7-17)23(28)29/h6-11,14H,4-5,12-13,15H2,1-3H3,(H,26,31)(H,28,29). The molecule has 33 heavy (non-hydrogen) atoms. The van der Waals surface area contributed by atoms with Gasteiger partial charge in [-0.3, -0.25) is 0 Å². The molecule has 1 aromatic heterocycles. The highest BCUT2D eigenvalue weighted by Gasteiger charge is 2.14. The molecule has 0 saturated carbocycles. The van der Waals surface area contributed by atoms with Crippen LogP contribution in [0.25, 0.3) is 11.0 Å². The van der Waals surface area contributed by atoms with Crippen molar-refractivity contribution in [2.24, 2.45) is 0 Å². The summed E-state index contributed by atoms with van der Waals surface area (Å²) in [6.45, 7) is 7.95. The molecule has 2 N–H and O–H groups in total. The van der Waals surface area contributed by atoms with Crippen LogP contribution in [0.3, 0.4) is 0 Å². The number of ether oxygens (including phenoxy) is 1. The smallest absolute Gasteiger partial charge is 0.407 e. The Balaban J connectivity index is 1.60. The van der Waals surface area contributed by atoms with E-state index in [1.165, 1.54) is 12.1 Å². The number of carboxylic acids is 1. The number of fused-ring (bicyclic) bond motifs is 1. The third-order valence-corrected chi connectivity index (χ3v) is 5.62. The van der Waals surface area contributed by atoms with E-state index in [1.807, 2.05) is 25.1 Å². The van der Waals surface area contributed by atoms with E-state index in [0.29, 0.717) is 11.1 Å². The van der Waals surface area contributed by atoms with Gasteiger partial charge >= 0.3 is 17.7 Å². The van der Waals surface area contributed by atoms with E-state index in [4.69, 9.17) is 14.3 Å². The fraction of sp³-hybridized carbons (Fsp3) is 0.320. The monoisotopic (exact) mass is 452 g/mol. The molecular weight excluding hydrogens is 424 g/mol. The van der Waals surface area contributed by atoms with Crippen LogP contribution in [0.4, 0.5) is 10.5 Å². The normalized spacial score (nSPS) is 10.8. The Morgan fingerprint density at radius 1 is 1.09 bits per heavy atom. The number of alkyl carbamates (subject to hydrolysis) is 1. The molecule has 1 heterocycles. The topological polar surface area (TPSA) is 109 Å². The number of amides is 1. The summed E-state index contributed by atoms with van der Waals surface area (Å²) in [6.07, 6.45) is -0.383. The molecule has 2 aromatic carbocycles. The highest BCUT2D eigenvalue weighted by atomic mass is 16.5. The van der Waals surface area contributed by atoms with Gasteiger partial charge < -0.3 is 24.5 Å². The van der Waals surface area contributed by atoms with Crippen LogP contribution in [-0.4, -0.2) is 36.9 Å². The van der Waals surface area contributed by atoms with Crippen LogP contribution in [0.5, 0.6) is 0 Å². The predicted molar refractivity (Wildman–Crippen MR) is 126 cm³/mol. The summed E-state index contributed by atoms with van der Waals surface area (Å²) in [5.41, 5.74) is 3.32. The van der Waals surface area contributed by atoms with Gasteiger partial charge in [0, 0.05) is 48.8 Å². The van der Waals surface area contributed by atoms with E-state index >= 15 is 0 Å². The lowest BCUT2D eigenvalue weighted by molar-refractivity contribution is 0.0696. The molecule has 3 rings (SSSR count). The van der Waals surface area contributed by atoms with Crippen LogP contribution in [-0.2, 0) is 17.7 Å².